The molecule has 1 aliphatic rings. The Hall–Kier alpha value is -1.61. The van der Waals surface area contributed by atoms with Gasteiger partial charge in [-0.05, 0) is 44.7 Å². The smallest absolute Gasteiger partial charge is 0.182 e. The molecule has 0 saturated heterocycles. The van der Waals surface area contributed by atoms with Gasteiger partial charge in [0, 0.05) is 16.3 Å². The number of carbonyl (C=O) groups excluding carboxylic acids is 1. The van der Waals surface area contributed by atoms with Crippen LogP contribution < -0.4 is 0 Å². The highest BCUT2D eigenvalue weighted by Gasteiger charge is 2.19. The number of nitrogens with zero attached hydrogens (tertiary/aromatic N) is 2. The van der Waals surface area contributed by atoms with Crippen molar-refractivity contribution in [2.24, 2.45) is 0 Å². The maximum Gasteiger partial charge on any atom is 0.182 e. The van der Waals surface area contributed by atoms with Crippen LogP contribution in [0.2, 0.25) is 5.02 Å². The van der Waals surface area contributed by atoms with Crippen molar-refractivity contribution in [1.82, 2.24) is 9.55 Å². The zero-order chi connectivity index (χ0) is 14.1. The zero-order valence-corrected chi connectivity index (χ0v) is 12.3. The molecule has 0 atom stereocenters. The predicted octanol–water partition coefficient (Wildman–Crippen LogP) is 3.61. The molecule has 1 aromatic carbocycles. The van der Waals surface area contributed by atoms with Crippen LogP contribution in [0.15, 0.2) is 24.3 Å². The van der Waals surface area contributed by atoms with Crippen LogP contribution in [-0.4, -0.2) is 15.3 Å². The van der Waals surface area contributed by atoms with Crippen LogP contribution in [0.1, 0.15) is 40.4 Å². The molecule has 1 aromatic heterocycles. The van der Waals surface area contributed by atoms with Crippen molar-refractivity contribution in [1.29, 1.82) is 0 Å². The lowest BCUT2D eigenvalue weighted by Crippen LogP contribution is -2.16. The first-order valence-electron chi connectivity index (χ1n) is 6.99. The molecule has 0 radical (unpaired) electrons. The molecule has 3 rings (SSSR count). The number of imidazole rings is 1. The van der Waals surface area contributed by atoms with Crippen molar-refractivity contribution in [2.45, 2.75) is 39.2 Å². The van der Waals surface area contributed by atoms with Gasteiger partial charge in [0.2, 0.25) is 0 Å². The van der Waals surface area contributed by atoms with Gasteiger partial charge in [-0.25, -0.2) is 4.98 Å². The number of rotatable bonds is 3. The number of aryl methyl sites for hydroxylation is 2. The van der Waals surface area contributed by atoms with E-state index in [1.54, 1.807) is 12.1 Å². The van der Waals surface area contributed by atoms with Crippen molar-refractivity contribution in [3.8, 4) is 0 Å². The van der Waals surface area contributed by atoms with Crippen LogP contribution >= 0.6 is 11.6 Å². The average molecular weight is 289 g/mol. The van der Waals surface area contributed by atoms with Crippen LogP contribution in [0, 0.1) is 6.92 Å². The molecule has 1 heterocycles. The molecule has 0 saturated carbocycles. The highest BCUT2D eigenvalue weighted by molar-refractivity contribution is 6.31. The van der Waals surface area contributed by atoms with Crippen molar-refractivity contribution < 1.29 is 4.79 Å². The fraction of sp³-hybridized carbons (Fsp3) is 0.375. The van der Waals surface area contributed by atoms with Gasteiger partial charge < -0.3 is 4.57 Å². The monoisotopic (exact) mass is 288 g/mol. The van der Waals surface area contributed by atoms with Gasteiger partial charge in [-0.1, -0.05) is 23.7 Å². The lowest BCUT2D eigenvalue weighted by atomic mass is 10.0. The second-order valence-corrected chi connectivity index (χ2v) is 5.72. The first-order chi connectivity index (χ1) is 9.65. The Kier molecular flexibility index (Phi) is 3.62. The first kappa shape index (κ1) is 13.4. The van der Waals surface area contributed by atoms with E-state index in [2.05, 4.69) is 9.55 Å². The normalized spacial score (nSPS) is 14.1. The quantitative estimate of drug-likeness (QED) is 0.809. The number of aromatic nitrogens is 2. The molecule has 3 nitrogen and oxygen atoms in total. The van der Waals surface area contributed by atoms with Crippen molar-refractivity contribution in [3.63, 3.8) is 0 Å². The van der Waals surface area contributed by atoms with Gasteiger partial charge in [-0.2, -0.15) is 0 Å². The lowest BCUT2D eigenvalue weighted by Gasteiger charge is -2.14. The number of hydrogen-bond acceptors (Lipinski definition) is 2. The Morgan fingerprint density at radius 3 is 2.95 bits per heavy atom. The number of halogens is 1. The van der Waals surface area contributed by atoms with E-state index >= 15 is 0 Å². The van der Waals surface area contributed by atoms with Crippen LogP contribution in [0.3, 0.4) is 0 Å². The number of fused-ring (bicyclic) bond motifs is 1. The Balaban J connectivity index is 1.88. The highest BCUT2D eigenvalue weighted by Crippen LogP contribution is 2.22. The first-order valence-corrected chi connectivity index (χ1v) is 7.36. The Labute approximate surface area is 123 Å². The van der Waals surface area contributed by atoms with Gasteiger partial charge in [-0.3, -0.25) is 4.79 Å². The third kappa shape index (κ3) is 2.50. The second kappa shape index (κ2) is 5.41. The number of ketones is 1. The van der Waals surface area contributed by atoms with Gasteiger partial charge >= 0.3 is 0 Å². The molecular formula is C16H17ClN2O. The van der Waals surface area contributed by atoms with Crippen LogP contribution in [0.5, 0.6) is 0 Å². The van der Waals surface area contributed by atoms with Crippen molar-refractivity contribution in [2.75, 3.05) is 0 Å². The van der Waals surface area contributed by atoms with E-state index in [1.165, 1.54) is 24.2 Å². The van der Waals surface area contributed by atoms with E-state index in [1.807, 2.05) is 19.1 Å². The standard InChI is InChI=1S/C16H17ClN2O/c1-11-18-14-7-2-3-8-15(14)19(11)10-16(20)12-5-4-6-13(17)9-12/h4-6,9H,2-3,7-8,10H2,1H3. The largest absolute Gasteiger partial charge is 0.324 e. The molecule has 2 aromatic rings. The van der Waals surface area contributed by atoms with Crippen molar-refractivity contribution >= 4 is 17.4 Å². The molecule has 0 amide bonds. The van der Waals surface area contributed by atoms with E-state index in [0.717, 1.165) is 18.7 Å². The molecular weight excluding hydrogens is 272 g/mol. The summed E-state index contributed by atoms with van der Waals surface area (Å²) in [5.41, 5.74) is 3.08. The maximum absolute atomic E-state index is 12.4. The number of Topliss-reactive ketones (excluding diaryl/α,β-unsaturated/α-hetero) is 1. The van der Waals surface area contributed by atoms with E-state index in [9.17, 15) is 4.79 Å². The molecule has 0 fully saturated rings. The predicted molar refractivity (Wildman–Crippen MR) is 79.4 cm³/mol. The Morgan fingerprint density at radius 2 is 2.15 bits per heavy atom. The van der Waals surface area contributed by atoms with Gasteiger partial charge in [0.15, 0.2) is 5.78 Å². The topological polar surface area (TPSA) is 34.9 Å². The van der Waals surface area contributed by atoms with Crippen LogP contribution in [-0.2, 0) is 19.4 Å². The number of carbonyl (C=O) groups is 1. The maximum atomic E-state index is 12.4. The van der Waals surface area contributed by atoms with Gasteiger partial charge in [0.25, 0.3) is 0 Å². The second-order valence-electron chi connectivity index (χ2n) is 5.28. The molecule has 104 valence electrons. The summed E-state index contributed by atoms with van der Waals surface area (Å²) in [6.45, 7) is 2.33. The summed E-state index contributed by atoms with van der Waals surface area (Å²) in [6, 6.07) is 7.13. The minimum atomic E-state index is 0.0846. The Bertz CT molecular complexity index is 660. The van der Waals surface area contributed by atoms with Crippen molar-refractivity contribution in [3.05, 3.63) is 52.1 Å². The molecule has 0 aliphatic heterocycles. The minimum Gasteiger partial charge on any atom is -0.324 e. The van der Waals surface area contributed by atoms with Crippen LogP contribution in [0.25, 0.3) is 0 Å². The van der Waals surface area contributed by atoms with E-state index in [0.29, 0.717) is 17.1 Å². The van der Waals surface area contributed by atoms with E-state index in [-0.39, 0.29) is 5.78 Å². The average Bonchev–Trinajstić information content (AvgIpc) is 2.75. The SMILES string of the molecule is Cc1nc2c(n1CC(=O)c1cccc(Cl)c1)CCCC2. The molecule has 0 N–H and O–H groups in total. The summed E-state index contributed by atoms with van der Waals surface area (Å²) in [6.07, 6.45) is 4.45. The summed E-state index contributed by atoms with van der Waals surface area (Å²) in [4.78, 5) is 17.0. The summed E-state index contributed by atoms with van der Waals surface area (Å²) in [7, 11) is 0. The molecule has 0 bridgehead atoms. The third-order valence-corrected chi connectivity index (χ3v) is 4.11. The molecule has 0 unspecified atom stereocenters. The summed E-state index contributed by atoms with van der Waals surface area (Å²) < 4.78 is 2.07. The lowest BCUT2D eigenvalue weighted by molar-refractivity contribution is 0.0970. The number of benzene rings is 1. The van der Waals surface area contributed by atoms with Crippen LogP contribution in [0.4, 0.5) is 0 Å². The highest BCUT2D eigenvalue weighted by atomic mass is 35.5. The fourth-order valence-corrected chi connectivity index (χ4v) is 3.03. The molecule has 1 aliphatic carbocycles. The molecule has 20 heavy (non-hydrogen) atoms. The molecule has 4 heteroatoms. The summed E-state index contributed by atoms with van der Waals surface area (Å²) >= 11 is 5.95. The Morgan fingerprint density at radius 1 is 1.35 bits per heavy atom. The molecule has 0 spiro atoms. The van der Waals surface area contributed by atoms with Gasteiger partial charge in [0.1, 0.15) is 5.82 Å². The van der Waals surface area contributed by atoms with Gasteiger partial charge in [0.05, 0.1) is 12.2 Å². The minimum absolute atomic E-state index is 0.0846. The fourth-order valence-electron chi connectivity index (χ4n) is 2.84. The summed E-state index contributed by atoms with van der Waals surface area (Å²) in [5, 5.41) is 0.597. The van der Waals surface area contributed by atoms with E-state index in [4.69, 9.17) is 11.6 Å². The summed E-state index contributed by atoms with van der Waals surface area (Å²) in [5.74, 6) is 1.02. The zero-order valence-electron chi connectivity index (χ0n) is 11.5. The van der Waals surface area contributed by atoms with Gasteiger partial charge in [-0.15, -0.1) is 0 Å². The third-order valence-electron chi connectivity index (χ3n) is 3.87. The number of hydrogen-bond donors (Lipinski definition) is 0. The van der Waals surface area contributed by atoms with E-state index < -0.39 is 0 Å².